The zero-order valence-electron chi connectivity index (χ0n) is 5.82. The molecule has 6 heteroatoms. The number of thiophene rings is 1. The van der Waals surface area contributed by atoms with Crippen LogP contribution < -0.4 is 5.73 Å². The summed E-state index contributed by atoms with van der Waals surface area (Å²) in [4.78, 5) is 0.319. The molecule has 2 N–H and O–H groups in total. The Kier molecular flexibility index (Phi) is 1.54. The van der Waals surface area contributed by atoms with E-state index < -0.39 is 0 Å². The van der Waals surface area contributed by atoms with Crippen LogP contribution in [0.15, 0.2) is 15.9 Å². The molecule has 0 aliphatic carbocycles. The Morgan fingerprint density at radius 1 is 1.50 bits per heavy atom. The Bertz CT molecular complexity index is 397. The fraction of sp³-hybridized carbons (Fsp3) is 0. The molecule has 2 aromatic rings. The second-order valence-electron chi connectivity index (χ2n) is 2.04. The summed E-state index contributed by atoms with van der Waals surface area (Å²) in [6, 6.07) is 1.28. The topological polar surface area (TPSA) is 64.9 Å². The first-order chi connectivity index (χ1) is 5.77. The first kappa shape index (κ1) is 7.23. The van der Waals surface area contributed by atoms with Crippen LogP contribution in [0, 0.1) is 5.82 Å². The van der Waals surface area contributed by atoms with Gasteiger partial charge < -0.3 is 10.2 Å². The summed E-state index contributed by atoms with van der Waals surface area (Å²) >= 11 is 1.19. The van der Waals surface area contributed by atoms with E-state index in [4.69, 9.17) is 10.2 Å². The van der Waals surface area contributed by atoms with Gasteiger partial charge in [-0.05, 0) is 11.4 Å². The minimum absolute atomic E-state index is 0.0576. The lowest BCUT2D eigenvalue weighted by atomic mass is 10.4. The van der Waals surface area contributed by atoms with Crippen LogP contribution >= 0.6 is 11.3 Å². The molecule has 0 radical (unpaired) electrons. The zero-order chi connectivity index (χ0) is 8.55. The summed E-state index contributed by atoms with van der Waals surface area (Å²) in [5, 5.41) is 8.56. The number of nitrogen functional groups attached to an aromatic ring is 1. The quantitative estimate of drug-likeness (QED) is 0.731. The van der Waals surface area contributed by atoms with Gasteiger partial charge >= 0.3 is 6.01 Å². The van der Waals surface area contributed by atoms with Crippen molar-refractivity contribution in [3.63, 3.8) is 0 Å². The van der Waals surface area contributed by atoms with Crippen LogP contribution in [-0.4, -0.2) is 10.2 Å². The number of halogens is 1. The van der Waals surface area contributed by atoms with Gasteiger partial charge in [-0.2, -0.15) is 0 Å². The van der Waals surface area contributed by atoms with Gasteiger partial charge in [-0.1, -0.05) is 5.10 Å². The maximum absolute atomic E-state index is 12.9. The van der Waals surface area contributed by atoms with Crippen molar-refractivity contribution in [3.8, 4) is 10.8 Å². The lowest BCUT2D eigenvalue weighted by Crippen LogP contribution is -1.81. The summed E-state index contributed by atoms with van der Waals surface area (Å²) in [5.41, 5.74) is 5.18. The standard InChI is InChI=1S/C6H4FN3OS/c7-3-1-2-12-4(3)5-9-10-6(8)11-5/h1-2H,(H2,8,10). The van der Waals surface area contributed by atoms with E-state index in [-0.39, 0.29) is 17.7 Å². The molecule has 0 fully saturated rings. The molecule has 0 bridgehead atoms. The maximum Gasteiger partial charge on any atom is 0.313 e. The highest BCUT2D eigenvalue weighted by Gasteiger charge is 2.12. The number of hydrogen-bond donors (Lipinski definition) is 1. The third-order valence-electron chi connectivity index (χ3n) is 1.25. The van der Waals surface area contributed by atoms with E-state index in [1.807, 2.05) is 0 Å². The van der Waals surface area contributed by atoms with Crippen LogP contribution in [0.2, 0.25) is 0 Å². The minimum atomic E-state index is -0.372. The smallest absolute Gasteiger partial charge is 0.313 e. The van der Waals surface area contributed by atoms with Crippen LogP contribution in [0.3, 0.4) is 0 Å². The van der Waals surface area contributed by atoms with Gasteiger partial charge in [0.25, 0.3) is 5.89 Å². The Balaban J connectivity index is 2.50. The lowest BCUT2D eigenvalue weighted by Gasteiger charge is -1.85. The second kappa shape index (κ2) is 2.56. The van der Waals surface area contributed by atoms with E-state index >= 15 is 0 Å². The van der Waals surface area contributed by atoms with Crippen molar-refractivity contribution in [1.82, 2.24) is 10.2 Å². The SMILES string of the molecule is Nc1nnc(-c2sccc2F)o1. The highest BCUT2D eigenvalue weighted by molar-refractivity contribution is 7.13. The van der Waals surface area contributed by atoms with Gasteiger partial charge in [0, 0.05) is 0 Å². The Hall–Kier alpha value is -1.43. The minimum Gasteiger partial charge on any atom is -0.403 e. The van der Waals surface area contributed by atoms with Gasteiger partial charge in [0.2, 0.25) is 0 Å². The van der Waals surface area contributed by atoms with Crippen LogP contribution in [0.1, 0.15) is 0 Å². The van der Waals surface area contributed by atoms with Crippen molar-refractivity contribution < 1.29 is 8.81 Å². The van der Waals surface area contributed by atoms with Crippen molar-refractivity contribution >= 4 is 17.4 Å². The molecule has 2 rings (SSSR count). The summed E-state index contributed by atoms with van der Waals surface area (Å²) in [6.45, 7) is 0. The molecule has 2 heterocycles. The third-order valence-corrected chi connectivity index (χ3v) is 2.13. The number of aromatic nitrogens is 2. The van der Waals surface area contributed by atoms with Gasteiger partial charge in [-0.25, -0.2) is 4.39 Å². The molecule has 0 saturated heterocycles. The van der Waals surface area contributed by atoms with Crippen LogP contribution in [-0.2, 0) is 0 Å². The average molecular weight is 185 g/mol. The molecule has 0 atom stereocenters. The number of hydrogen-bond acceptors (Lipinski definition) is 5. The van der Waals surface area contributed by atoms with Gasteiger partial charge in [-0.15, -0.1) is 16.4 Å². The summed E-state index contributed by atoms with van der Waals surface area (Å²) in [7, 11) is 0. The van der Waals surface area contributed by atoms with Crippen molar-refractivity contribution in [2.75, 3.05) is 5.73 Å². The maximum atomic E-state index is 12.9. The van der Waals surface area contributed by atoms with Gasteiger partial charge in [-0.3, -0.25) is 0 Å². The lowest BCUT2D eigenvalue weighted by molar-refractivity contribution is 0.579. The van der Waals surface area contributed by atoms with Crippen molar-refractivity contribution in [1.29, 1.82) is 0 Å². The molecule has 2 aromatic heterocycles. The van der Waals surface area contributed by atoms with Crippen molar-refractivity contribution in [2.24, 2.45) is 0 Å². The molecule has 0 aromatic carbocycles. The molecule has 12 heavy (non-hydrogen) atoms. The predicted octanol–water partition coefficient (Wildman–Crippen LogP) is 1.52. The van der Waals surface area contributed by atoms with E-state index in [1.54, 1.807) is 5.38 Å². The fourth-order valence-corrected chi connectivity index (χ4v) is 1.46. The molecule has 0 aliphatic heterocycles. The molecule has 0 spiro atoms. The number of anilines is 1. The normalized spacial score (nSPS) is 10.4. The molecule has 0 unspecified atom stereocenters. The van der Waals surface area contributed by atoms with Gasteiger partial charge in [0.15, 0.2) is 0 Å². The Labute approximate surface area is 70.8 Å². The molecular weight excluding hydrogens is 181 g/mol. The number of nitrogens with two attached hydrogens (primary N) is 1. The summed E-state index contributed by atoms with van der Waals surface area (Å²) in [6.07, 6.45) is 0. The Morgan fingerprint density at radius 2 is 2.33 bits per heavy atom. The van der Waals surface area contributed by atoms with E-state index in [2.05, 4.69) is 10.2 Å². The highest BCUT2D eigenvalue weighted by atomic mass is 32.1. The molecule has 0 aliphatic rings. The molecule has 0 saturated carbocycles. The average Bonchev–Trinajstić information content (AvgIpc) is 2.58. The monoisotopic (exact) mass is 185 g/mol. The summed E-state index contributed by atoms with van der Waals surface area (Å²) < 4.78 is 17.7. The zero-order valence-corrected chi connectivity index (χ0v) is 6.64. The fourth-order valence-electron chi connectivity index (χ4n) is 0.773. The summed E-state index contributed by atoms with van der Waals surface area (Å²) in [5.74, 6) is -0.247. The highest BCUT2D eigenvalue weighted by Crippen LogP contribution is 2.27. The van der Waals surface area contributed by atoms with E-state index in [0.29, 0.717) is 4.88 Å². The van der Waals surface area contributed by atoms with Crippen molar-refractivity contribution in [3.05, 3.63) is 17.3 Å². The predicted molar refractivity (Wildman–Crippen MR) is 42.0 cm³/mol. The Morgan fingerprint density at radius 3 is 2.83 bits per heavy atom. The second-order valence-corrected chi connectivity index (χ2v) is 2.96. The van der Waals surface area contributed by atoms with E-state index in [9.17, 15) is 4.39 Å². The van der Waals surface area contributed by atoms with Crippen LogP contribution in [0.25, 0.3) is 10.8 Å². The largest absolute Gasteiger partial charge is 0.403 e. The van der Waals surface area contributed by atoms with Gasteiger partial charge in [0.05, 0.1) is 0 Å². The van der Waals surface area contributed by atoms with Crippen molar-refractivity contribution in [2.45, 2.75) is 0 Å². The number of rotatable bonds is 1. The van der Waals surface area contributed by atoms with E-state index in [1.165, 1.54) is 17.4 Å². The molecule has 4 nitrogen and oxygen atoms in total. The van der Waals surface area contributed by atoms with Crippen LogP contribution in [0.4, 0.5) is 10.4 Å². The number of nitrogens with zero attached hydrogens (tertiary/aromatic N) is 2. The molecular formula is C6H4FN3OS. The first-order valence-electron chi connectivity index (χ1n) is 3.09. The van der Waals surface area contributed by atoms with E-state index in [0.717, 1.165) is 0 Å². The van der Waals surface area contributed by atoms with Gasteiger partial charge in [0.1, 0.15) is 10.7 Å². The first-order valence-corrected chi connectivity index (χ1v) is 3.97. The van der Waals surface area contributed by atoms with Crippen LogP contribution in [0.5, 0.6) is 0 Å². The molecule has 0 amide bonds. The molecule has 62 valence electrons. The third kappa shape index (κ3) is 1.06.